The summed E-state index contributed by atoms with van der Waals surface area (Å²) in [5.41, 5.74) is 2.33. The predicted molar refractivity (Wildman–Crippen MR) is 49.6 cm³/mol. The largest absolute Gasteiger partial charge is 0.337 e. The van der Waals surface area contributed by atoms with Crippen LogP contribution in [0.25, 0.3) is 0 Å². The molecule has 3 rings (SSSR count). The Morgan fingerprint density at radius 2 is 2.31 bits per heavy atom. The van der Waals surface area contributed by atoms with Crippen LogP contribution in [0.15, 0.2) is 10.9 Å². The molecule has 0 bridgehead atoms. The minimum atomic E-state index is 0.119. The fraction of sp³-hybridized carbons (Fsp3) is 0.556. The molecule has 0 radical (unpaired) electrons. The molecule has 1 saturated heterocycles. The Morgan fingerprint density at radius 3 is 2.92 bits per heavy atom. The highest BCUT2D eigenvalue weighted by atomic mass is 32.1. The van der Waals surface area contributed by atoms with Crippen LogP contribution < -0.4 is 0 Å². The molecular weight excluding hydrogens is 184 g/mol. The lowest BCUT2D eigenvalue weighted by Gasteiger charge is -2.15. The van der Waals surface area contributed by atoms with Gasteiger partial charge in [-0.2, -0.15) is 0 Å². The van der Waals surface area contributed by atoms with Gasteiger partial charge in [0.1, 0.15) is 5.69 Å². The first-order valence-electron chi connectivity index (χ1n) is 4.52. The van der Waals surface area contributed by atoms with Crippen LogP contribution >= 0.6 is 11.3 Å². The van der Waals surface area contributed by atoms with E-state index in [1.165, 1.54) is 17.8 Å². The Hall–Kier alpha value is -0.900. The van der Waals surface area contributed by atoms with E-state index in [2.05, 4.69) is 4.98 Å². The molecule has 2 aliphatic rings. The number of hydrogen-bond donors (Lipinski definition) is 0. The standard InChI is InChI=1S/C9H10N2OS/c12-9(8-4-13-5-10-8)11-2-6-1-7(6)3-11/h4-7H,1-3H2. The zero-order valence-corrected chi connectivity index (χ0v) is 7.96. The number of amides is 1. The average Bonchev–Trinajstić information content (AvgIpc) is 2.63. The van der Waals surface area contributed by atoms with Crippen LogP contribution in [0.1, 0.15) is 16.9 Å². The summed E-state index contributed by atoms with van der Waals surface area (Å²) in [5.74, 6) is 1.73. The molecule has 2 unspecified atom stereocenters. The summed E-state index contributed by atoms with van der Waals surface area (Å²) in [4.78, 5) is 17.7. The minimum absolute atomic E-state index is 0.119. The van der Waals surface area contributed by atoms with E-state index in [1.54, 1.807) is 5.51 Å². The number of thiazole rings is 1. The molecule has 1 saturated carbocycles. The highest BCUT2D eigenvalue weighted by molar-refractivity contribution is 7.07. The van der Waals surface area contributed by atoms with Gasteiger partial charge in [-0.15, -0.1) is 11.3 Å². The van der Waals surface area contributed by atoms with Gasteiger partial charge in [0, 0.05) is 18.5 Å². The first-order chi connectivity index (χ1) is 6.34. The van der Waals surface area contributed by atoms with Crippen molar-refractivity contribution in [1.29, 1.82) is 0 Å². The summed E-state index contributed by atoms with van der Waals surface area (Å²) < 4.78 is 0. The second kappa shape index (κ2) is 2.54. The molecule has 1 aromatic rings. The summed E-state index contributed by atoms with van der Waals surface area (Å²) >= 11 is 1.48. The maximum atomic E-state index is 11.7. The second-order valence-corrected chi connectivity index (χ2v) is 4.56. The van der Waals surface area contributed by atoms with Gasteiger partial charge in [0.05, 0.1) is 5.51 Å². The zero-order chi connectivity index (χ0) is 8.84. The normalized spacial score (nSPS) is 30.3. The van der Waals surface area contributed by atoms with Gasteiger partial charge in [0.2, 0.25) is 0 Å². The minimum Gasteiger partial charge on any atom is -0.337 e. The molecule has 1 aliphatic carbocycles. The third-order valence-electron chi connectivity index (χ3n) is 2.92. The summed E-state index contributed by atoms with van der Waals surface area (Å²) in [5, 5.41) is 1.83. The molecule has 1 aromatic heterocycles. The van der Waals surface area contributed by atoms with Crippen molar-refractivity contribution in [2.24, 2.45) is 11.8 Å². The molecule has 2 atom stereocenters. The second-order valence-electron chi connectivity index (χ2n) is 3.84. The lowest BCUT2D eigenvalue weighted by molar-refractivity contribution is 0.0770. The molecule has 13 heavy (non-hydrogen) atoms. The summed E-state index contributed by atoms with van der Waals surface area (Å²) in [6.45, 7) is 1.92. The van der Waals surface area contributed by atoms with Gasteiger partial charge in [0.15, 0.2) is 0 Å². The molecule has 4 heteroatoms. The number of nitrogens with zero attached hydrogens (tertiary/aromatic N) is 2. The van der Waals surface area contributed by atoms with Crippen molar-refractivity contribution < 1.29 is 4.79 Å². The average molecular weight is 194 g/mol. The summed E-state index contributed by atoms with van der Waals surface area (Å²) in [6, 6.07) is 0. The highest BCUT2D eigenvalue weighted by Gasteiger charge is 2.46. The van der Waals surface area contributed by atoms with Crippen molar-refractivity contribution in [3.8, 4) is 0 Å². The maximum absolute atomic E-state index is 11.7. The molecule has 1 amide bonds. The van der Waals surface area contributed by atoms with Crippen molar-refractivity contribution in [3.63, 3.8) is 0 Å². The smallest absolute Gasteiger partial charge is 0.273 e. The van der Waals surface area contributed by atoms with Crippen LogP contribution in [-0.4, -0.2) is 28.9 Å². The van der Waals surface area contributed by atoms with Crippen molar-refractivity contribution in [2.75, 3.05) is 13.1 Å². The van der Waals surface area contributed by atoms with E-state index >= 15 is 0 Å². The van der Waals surface area contributed by atoms with Crippen molar-refractivity contribution in [1.82, 2.24) is 9.88 Å². The van der Waals surface area contributed by atoms with Gasteiger partial charge in [-0.3, -0.25) is 4.79 Å². The molecule has 0 aromatic carbocycles. The van der Waals surface area contributed by atoms with E-state index < -0.39 is 0 Å². The molecule has 2 fully saturated rings. The number of likely N-dealkylation sites (tertiary alicyclic amines) is 1. The topological polar surface area (TPSA) is 33.2 Å². The SMILES string of the molecule is O=C(c1cscn1)N1CC2CC2C1. The number of rotatable bonds is 1. The summed E-state index contributed by atoms with van der Waals surface area (Å²) in [7, 11) is 0. The van der Waals surface area contributed by atoms with Gasteiger partial charge in [-0.1, -0.05) is 0 Å². The Labute approximate surface area is 80.4 Å². The first-order valence-corrected chi connectivity index (χ1v) is 5.46. The molecule has 0 spiro atoms. The van der Waals surface area contributed by atoms with E-state index in [4.69, 9.17) is 0 Å². The number of carbonyl (C=O) groups excluding carboxylic acids is 1. The molecular formula is C9H10N2OS. The molecule has 2 heterocycles. The van der Waals surface area contributed by atoms with Gasteiger partial charge in [-0.25, -0.2) is 4.98 Å². The van der Waals surface area contributed by atoms with Crippen molar-refractivity contribution in [3.05, 3.63) is 16.6 Å². The maximum Gasteiger partial charge on any atom is 0.273 e. The van der Waals surface area contributed by atoms with Crippen LogP contribution in [0.4, 0.5) is 0 Å². The van der Waals surface area contributed by atoms with Gasteiger partial charge < -0.3 is 4.90 Å². The summed E-state index contributed by atoms with van der Waals surface area (Å²) in [6.07, 6.45) is 1.33. The quantitative estimate of drug-likeness (QED) is 0.673. The number of hydrogen-bond acceptors (Lipinski definition) is 3. The first kappa shape index (κ1) is 7.50. The third kappa shape index (κ3) is 1.16. The van der Waals surface area contributed by atoms with Crippen LogP contribution in [0.3, 0.4) is 0 Å². The van der Waals surface area contributed by atoms with Crippen LogP contribution in [0, 0.1) is 11.8 Å². The Bertz CT molecular complexity index is 325. The third-order valence-corrected chi connectivity index (χ3v) is 3.50. The highest BCUT2D eigenvalue weighted by Crippen LogP contribution is 2.45. The molecule has 0 N–H and O–H groups in total. The van der Waals surface area contributed by atoms with Gasteiger partial charge >= 0.3 is 0 Å². The molecule has 68 valence electrons. The van der Waals surface area contributed by atoms with E-state index in [0.717, 1.165) is 24.9 Å². The van der Waals surface area contributed by atoms with Crippen LogP contribution in [0.5, 0.6) is 0 Å². The van der Waals surface area contributed by atoms with Gasteiger partial charge in [0.25, 0.3) is 5.91 Å². The molecule has 3 nitrogen and oxygen atoms in total. The van der Waals surface area contributed by atoms with Crippen molar-refractivity contribution >= 4 is 17.2 Å². The van der Waals surface area contributed by atoms with E-state index in [-0.39, 0.29) is 5.91 Å². The number of fused-ring (bicyclic) bond motifs is 1. The zero-order valence-electron chi connectivity index (χ0n) is 7.14. The van der Waals surface area contributed by atoms with E-state index in [9.17, 15) is 4.79 Å². The predicted octanol–water partition coefficient (Wildman–Crippen LogP) is 1.24. The number of aromatic nitrogens is 1. The fourth-order valence-corrected chi connectivity index (χ4v) is 2.57. The number of carbonyl (C=O) groups is 1. The monoisotopic (exact) mass is 194 g/mol. The fourth-order valence-electron chi connectivity index (χ4n) is 2.04. The van der Waals surface area contributed by atoms with Crippen LogP contribution in [-0.2, 0) is 0 Å². The van der Waals surface area contributed by atoms with E-state index in [0.29, 0.717) is 5.69 Å². The number of piperidine rings is 1. The Kier molecular flexibility index (Phi) is 1.47. The Morgan fingerprint density at radius 1 is 1.54 bits per heavy atom. The van der Waals surface area contributed by atoms with Crippen LogP contribution in [0.2, 0.25) is 0 Å². The van der Waals surface area contributed by atoms with E-state index in [1.807, 2.05) is 10.3 Å². The molecule has 1 aliphatic heterocycles. The lowest BCUT2D eigenvalue weighted by Crippen LogP contribution is -2.30. The van der Waals surface area contributed by atoms with Gasteiger partial charge in [-0.05, 0) is 18.3 Å². The Balaban J connectivity index is 1.75. The van der Waals surface area contributed by atoms with Crippen molar-refractivity contribution in [2.45, 2.75) is 6.42 Å². The lowest BCUT2D eigenvalue weighted by atomic mass is 10.4.